The predicted octanol–water partition coefficient (Wildman–Crippen LogP) is 2.68. The summed E-state index contributed by atoms with van der Waals surface area (Å²) in [6.45, 7) is 3.58. The van der Waals surface area contributed by atoms with Crippen LogP contribution in [0.25, 0.3) is 0 Å². The van der Waals surface area contributed by atoms with Crippen molar-refractivity contribution >= 4 is 27.3 Å². The molecule has 2 aromatic heterocycles. The van der Waals surface area contributed by atoms with Gasteiger partial charge in [-0.1, -0.05) is 0 Å². The van der Waals surface area contributed by atoms with E-state index in [1.165, 1.54) is 19.8 Å². The maximum atomic E-state index is 5.95. The lowest BCUT2D eigenvalue weighted by Crippen LogP contribution is -2.29. The van der Waals surface area contributed by atoms with Gasteiger partial charge in [-0.3, -0.25) is 9.58 Å². The summed E-state index contributed by atoms with van der Waals surface area (Å²) >= 11 is 5.37. The Morgan fingerprint density at radius 3 is 2.79 bits per heavy atom. The van der Waals surface area contributed by atoms with Crippen LogP contribution < -0.4 is 5.73 Å². The molecule has 0 bridgehead atoms. The van der Waals surface area contributed by atoms with E-state index in [2.05, 4.69) is 46.0 Å². The van der Waals surface area contributed by atoms with E-state index in [0.717, 1.165) is 6.54 Å². The number of nitrogens with two attached hydrogens (primary N) is 1. The molecule has 0 saturated heterocycles. The van der Waals surface area contributed by atoms with Crippen molar-refractivity contribution in [3.63, 3.8) is 0 Å². The Kier molecular flexibility index (Phi) is 4.78. The summed E-state index contributed by atoms with van der Waals surface area (Å²) in [4.78, 5) is 4.87. The molecule has 1 unspecified atom stereocenters. The third kappa shape index (κ3) is 3.45. The van der Waals surface area contributed by atoms with Crippen molar-refractivity contribution in [1.29, 1.82) is 0 Å². The number of likely N-dealkylation sites (N-methyl/N-ethyl adjacent to an activating group) is 1. The fourth-order valence-corrected chi connectivity index (χ4v) is 3.85. The van der Waals surface area contributed by atoms with E-state index in [-0.39, 0.29) is 6.04 Å². The second-order valence-corrected chi connectivity index (χ2v) is 6.88. The van der Waals surface area contributed by atoms with Crippen molar-refractivity contribution in [3.8, 4) is 0 Å². The molecule has 0 aromatic carbocycles. The molecule has 6 heteroatoms. The maximum Gasteiger partial charge on any atom is 0.0565 e. The van der Waals surface area contributed by atoms with E-state index in [9.17, 15) is 0 Å². The summed E-state index contributed by atoms with van der Waals surface area (Å²) in [5.74, 6) is 0. The molecule has 0 amide bonds. The van der Waals surface area contributed by atoms with Gasteiger partial charge in [0, 0.05) is 46.1 Å². The van der Waals surface area contributed by atoms with Crippen molar-refractivity contribution in [2.45, 2.75) is 19.5 Å². The molecule has 0 aliphatic carbocycles. The van der Waals surface area contributed by atoms with Gasteiger partial charge in [0.15, 0.2) is 0 Å². The summed E-state index contributed by atoms with van der Waals surface area (Å²) in [5.41, 5.74) is 7.16. The monoisotopic (exact) mass is 342 g/mol. The van der Waals surface area contributed by atoms with Crippen molar-refractivity contribution in [1.82, 2.24) is 14.7 Å². The van der Waals surface area contributed by atoms with Crippen LogP contribution in [-0.2, 0) is 13.6 Å². The molecule has 4 nitrogen and oxygen atoms in total. The average Bonchev–Trinajstić information content (AvgIpc) is 2.88. The Bertz CT molecular complexity index is 529. The first kappa shape index (κ1) is 14.7. The van der Waals surface area contributed by atoms with E-state index in [4.69, 9.17) is 5.73 Å². The standard InChI is InChI=1S/C13H19BrN4S/c1-9-11(14)4-13(19-9)12(5-15)17(2)7-10-6-16-18(3)8-10/h4,6,8,12H,5,7,15H2,1-3H3. The van der Waals surface area contributed by atoms with Crippen molar-refractivity contribution in [3.05, 3.63) is 38.3 Å². The molecule has 0 aliphatic heterocycles. The minimum atomic E-state index is 0.246. The molecule has 2 N–H and O–H groups in total. The highest BCUT2D eigenvalue weighted by atomic mass is 79.9. The smallest absolute Gasteiger partial charge is 0.0565 e. The molecule has 0 aliphatic rings. The molecule has 1 atom stereocenters. The van der Waals surface area contributed by atoms with E-state index >= 15 is 0 Å². The van der Waals surface area contributed by atoms with Gasteiger partial charge in [0.25, 0.3) is 0 Å². The van der Waals surface area contributed by atoms with Crippen LogP contribution >= 0.6 is 27.3 Å². The Morgan fingerprint density at radius 2 is 2.32 bits per heavy atom. The van der Waals surface area contributed by atoms with Crippen LogP contribution in [-0.4, -0.2) is 28.3 Å². The third-order valence-electron chi connectivity index (χ3n) is 3.15. The Morgan fingerprint density at radius 1 is 1.58 bits per heavy atom. The highest BCUT2D eigenvalue weighted by Crippen LogP contribution is 2.32. The number of hydrogen-bond donors (Lipinski definition) is 1. The first-order valence-electron chi connectivity index (χ1n) is 6.15. The van der Waals surface area contributed by atoms with E-state index in [1.807, 2.05) is 24.1 Å². The SMILES string of the molecule is Cc1sc(C(CN)N(C)Cc2cnn(C)c2)cc1Br. The molecule has 2 rings (SSSR count). The van der Waals surface area contributed by atoms with Crippen molar-refractivity contribution < 1.29 is 0 Å². The highest BCUT2D eigenvalue weighted by Gasteiger charge is 2.19. The second-order valence-electron chi connectivity index (χ2n) is 4.74. The number of aryl methyl sites for hydroxylation is 2. The van der Waals surface area contributed by atoms with Gasteiger partial charge >= 0.3 is 0 Å². The maximum absolute atomic E-state index is 5.95. The van der Waals surface area contributed by atoms with Crippen LogP contribution in [0.1, 0.15) is 21.4 Å². The molecular weight excluding hydrogens is 324 g/mol. The zero-order valence-electron chi connectivity index (χ0n) is 11.4. The van der Waals surface area contributed by atoms with E-state index in [1.54, 1.807) is 11.3 Å². The largest absolute Gasteiger partial charge is 0.329 e. The molecule has 2 heterocycles. The molecule has 0 spiro atoms. The lowest BCUT2D eigenvalue weighted by Gasteiger charge is -2.25. The second kappa shape index (κ2) is 6.17. The summed E-state index contributed by atoms with van der Waals surface area (Å²) in [6.07, 6.45) is 3.94. The van der Waals surface area contributed by atoms with Gasteiger partial charge in [0.05, 0.1) is 12.2 Å². The molecule has 0 fully saturated rings. The Labute approximate surface area is 126 Å². The van der Waals surface area contributed by atoms with Crippen LogP contribution in [0.3, 0.4) is 0 Å². The molecule has 2 aromatic rings. The van der Waals surface area contributed by atoms with Gasteiger partial charge in [0.1, 0.15) is 0 Å². The number of hydrogen-bond acceptors (Lipinski definition) is 4. The van der Waals surface area contributed by atoms with E-state index < -0.39 is 0 Å². The zero-order chi connectivity index (χ0) is 14.0. The first-order valence-corrected chi connectivity index (χ1v) is 7.76. The molecule has 0 saturated carbocycles. The van der Waals surface area contributed by atoms with E-state index in [0.29, 0.717) is 6.54 Å². The van der Waals surface area contributed by atoms with Gasteiger partial charge in [-0.15, -0.1) is 11.3 Å². The Hall–Kier alpha value is -0.690. The fourth-order valence-electron chi connectivity index (χ4n) is 2.11. The Balaban J connectivity index is 2.12. The van der Waals surface area contributed by atoms with Gasteiger partial charge in [-0.05, 0) is 36.0 Å². The zero-order valence-corrected chi connectivity index (χ0v) is 13.8. The minimum absolute atomic E-state index is 0.246. The van der Waals surface area contributed by atoms with Gasteiger partial charge in [-0.2, -0.15) is 5.10 Å². The van der Waals surface area contributed by atoms with Gasteiger partial charge < -0.3 is 5.73 Å². The van der Waals surface area contributed by atoms with Crippen molar-refractivity contribution in [2.75, 3.05) is 13.6 Å². The van der Waals surface area contributed by atoms with Crippen LogP contribution in [0, 0.1) is 6.92 Å². The quantitative estimate of drug-likeness (QED) is 0.908. The summed E-state index contributed by atoms with van der Waals surface area (Å²) < 4.78 is 2.99. The van der Waals surface area contributed by atoms with Gasteiger partial charge in [0.2, 0.25) is 0 Å². The number of aromatic nitrogens is 2. The first-order chi connectivity index (χ1) is 9.01. The predicted molar refractivity (Wildman–Crippen MR) is 83.2 cm³/mol. The number of nitrogens with zero attached hydrogens (tertiary/aromatic N) is 3. The summed E-state index contributed by atoms with van der Waals surface area (Å²) in [5, 5.41) is 4.20. The normalized spacial score (nSPS) is 13.2. The molecule has 0 radical (unpaired) electrons. The molecular formula is C13H19BrN4S. The average molecular weight is 343 g/mol. The number of rotatable bonds is 5. The molecule has 104 valence electrons. The highest BCUT2D eigenvalue weighted by molar-refractivity contribution is 9.10. The fraction of sp³-hybridized carbons (Fsp3) is 0.462. The number of thiophene rings is 1. The van der Waals surface area contributed by atoms with Crippen LogP contribution in [0.15, 0.2) is 22.9 Å². The lowest BCUT2D eigenvalue weighted by molar-refractivity contribution is 0.245. The van der Waals surface area contributed by atoms with Crippen LogP contribution in [0.5, 0.6) is 0 Å². The summed E-state index contributed by atoms with van der Waals surface area (Å²) in [6, 6.07) is 2.42. The molecule has 19 heavy (non-hydrogen) atoms. The number of halogens is 1. The topological polar surface area (TPSA) is 47.1 Å². The summed E-state index contributed by atoms with van der Waals surface area (Å²) in [7, 11) is 4.04. The minimum Gasteiger partial charge on any atom is -0.329 e. The van der Waals surface area contributed by atoms with Crippen molar-refractivity contribution in [2.24, 2.45) is 12.8 Å². The van der Waals surface area contributed by atoms with Gasteiger partial charge in [-0.25, -0.2) is 0 Å². The van der Waals surface area contributed by atoms with Crippen LogP contribution in [0.2, 0.25) is 0 Å². The lowest BCUT2D eigenvalue weighted by atomic mass is 10.2. The van der Waals surface area contributed by atoms with Crippen LogP contribution in [0.4, 0.5) is 0 Å². The third-order valence-corrected chi connectivity index (χ3v) is 5.39.